The molecule has 2 rings (SSSR count). The van der Waals surface area contributed by atoms with E-state index in [1.54, 1.807) is 4.90 Å². The van der Waals surface area contributed by atoms with E-state index < -0.39 is 17.9 Å². The normalized spacial score (nSPS) is 18.9. The van der Waals surface area contributed by atoms with E-state index in [0.717, 1.165) is 6.42 Å². The number of amides is 1. The van der Waals surface area contributed by atoms with Gasteiger partial charge in [0.25, 0.3) is 0 Å². The van der Waals surface area contributed by atoms with Gasteiger partial charge in [0.1, 0.15) is 22.6 Å². The maximum absolute atomic E-state index is 11.3. The zero-order valence-electron chi connectivity index (χ0n) is 9.47. The van der Waals surface area contributed by atoms with E-state index in [9.17, 15) is 9.59 Å². The quantitative estimate of drug-likeness (QED) is 0.794. The van der Waals surface area contributed by atoms with Crippen LogP contribution in [-0.2, 0) is 4.79 Å². The fraction of sp³-hybridized carbons (Fsp3) is 0.364. The lowest BCUT2D eigenvalue weighted by molar-refractivity contribution is -0.119. The van der Waals surface area contributed by atoms with Crippen LogP contribution in [0.2, 0.25) is 5.15 Å². The van der Waals surface area contributed by atoms with Crippen molar-refractivity contribution < 1.29 is 14.7 Å². The smallest absolute Gasteiger partial charge is 0.339 e. The second-order valence-corrected chi connectivity index (χ2v) is 4.45. The molecule has 1 saturated heterocycles. The average molecular weight is 270 g/mol. The molecule has 0 radical (unpaired) electrons. The van der Waals surface area contributed by atoms with Crippen LogP contribution in [0.5, 0.6) is 0 Å². The van der Waals surface area contributed by atoms with Crippen LogP contribution in [0, 0.1) is 0 Å². The number of rotatable bonds is 3. The molecule has 0 saturated carbocycles. The Kier molecular flexibility index (Phi) is 3.38. The van der Waals surface area contributed by atoms with Gasteiger partial charge in [0, 0.05) is 6.54 Å². The second kappa shape index (κ2) is 4.81. The van der Waals surface area contributed by atoms with Crippen molar-refractivity contribution in [2.45, 2.75) is 18.9 Å². The number of carboxylic acids is 1. The number of carboxylic acid groups (broad SMARTS) is 1. The number of hydrogen-bond donors (Lipinski definition) is 2. The lowest BCUT2D eigenvalue weighted by Crippen LogP contribution is -2.41. The van der Waals surface area contributed by atoms with Gasteiger partial charge in [-0.2, -0.15) is 0 Å². The molecule has 1 atom stereocenters. The summed E-state index contributed by atoms with van der Waals surface area (Å²) in [4.78, 5) is 28.1. The highest BCUT2D eigenvalue weighted by Crippen LogP contribution is 2.28. The highest BCUT2D eigenvalue weighted by atomic mass is 35.5. The minimum Gasteiger partial charge on any atom is -0.478 e. The molecule has 1 aromatic rings. The van der Waals surface area contributed by atoms with Crippen molar-refractivity contribution in [2.75, 3.05) is 11.4 Å². The number of primary amides is 1. The molecule has 7 heteroatoms. The minimum atomic E-state index is -1.11. The van der Waals surface area contributed by atoms with E-state index in [1.807, 2.05) is 0 Å². The van der Waals surface area contributed by atoms with E-state index in [0.29, 0.717) is 13.0 Å². The summed E-state index contributed by atoms with van der Waals surface area (Å²) in [6, 6.07) is 2.27. The zero-order valence-corrected chi connectivity index (χ0v) is 10.2. The Labute approximate surface area is 108 Å². The largest absolute Gasteiger partial charge is 0.478 e. The van der Waals surface area contributed by atoms with Gasteiger partial charge >= 0.3 is 5.97 Å². The number of nitrogens with zero attached hydrogens (tertiary/aromatic N) is 2. The molecule has 0 spiro atoms. The van der Waals surface area contributed by atoms with Crippen molar-refractivity contribution in [1.29, 1.82) is 0 Å². The summed E-state index contributed by atoms with van der Waals surface area (Å²) in [5, 5.41) is 9.30. The van der Waals surface area contributed by atoms with Crippen LogP contribution in [0.4, 0.5) is 5.82 Å². The molecule has 1 unspecified atom stereocenters. The number of hydrogen-bond acceptors (Lipinski definition) is 4. The number of anilines is 1. The van der Waals surface area contributed by atoms with Crippen LogP contribution < -0.4 is 10.6 Å². The van der Waals surface area contributed by atoms with Gasteiger partial charge in [-0.05, 0) is 25.0 Å². The predicted molar refractivity (Wildman–Crippen MR) is 65.8 cm³/mol. The first-order valence-corrected chi connectivity index (χ1v) is 5.84. The summed E-state index contributed by atoms with van der Waals surface area (Å²) in [7, 11) is 0. The molecule has 1 fully saturated rings. The van der Waals surface area contributed by atoms with Crippen molar-refractivity contribution in [2.24, 2.45) is 5.73 Å². The lowest BCUT2D eigenvalue weighted by atomic mass is 10.2. The molecule has 1 aliphatic rings. The fourth-order valence-corrected chi connectivity index (χ4v) is 2.27. The van der Waals surface area contributed by atoms with Crippen LogP contribution in [0.25, 0.3) is 0 Å². The van der Waals surface area contributed by atoms with Crippen molar-refractivity contribution in [3.05, 3.63) is 22.8 Å². The van der Waals surface area contributed by atoms with Crippen LogP contribution in [0.15, 0.2) is 12.1 Å². The molecule has 6 nitrogen and oxygen atoms in total. The molecular weight excluding hydrogens is 258 g/mol. The molecule has 1 aliphatic heterocycles. The minimum absolute atomic E-state index is 0.0209. The van der Waals surface area contributed by atoms with Gasteiger partial charge < -0.3 is 15.7 Å². The Balaban J connectivity index is 2.46. The Morgan fingerprint density at radius 3 is 2.83 bits per heavy atom. The Morgan fingerprint density at radius 1 is 1.50 bits per heavy atom. The topological polar surface area (TPSA) is 96.5 Å². The molecule has 18 heavy (non-hydrogen) atoms. The Morgan fingerprint density at radius 2 is 2.22 bits per heavy atom. The van der Waals surface area contributed by atoms with Crippen molar-refractivity contribution in [3.8, 4) is 0 Å². The van der Waals surface area contributed by atoms with Gasteiger partial charge in [0.2, 0.25) is 5.91 Å². The lowest BCUT2D eigenvalue weighted by Gasteiger charge is -2.24. The van der Waals surface area contributed by atoms with E-state index in [4.69, 9.17) is 22.4 Å². The fourth-order valence-electron chi connectivity index (χ4n) is 2.13. The number of halogens is 1. The highest BCUT2D eigenvalue weighted by Gasteiger charge is 2.32. The number of nitrogens with two attached hydrogens (primary N) is 1. The molecule has 0 aliphatic carbocycles. The summed E-state index contributed by atoms with van der Waals surface area (Å²) in [5.41, 5.74) is 5.32. The van der Waals surface area contributed by atoms with Gasteiger partial charge in [-0.15, -0.1) is 0 Å². The van der Waals surface area contributed by atoms with Crippen molar-refractivity contribution >= 4 is 29.3 Å². The molecule has 96 valence electrons. The summed E-state index contributed by atoms with van der Waals surface area (Å²) >= 11 is 5.78. The van der Waals surface area contributed by atoms with Gasteiger partial charge in [-0.25, -0.2) is 9.78 Å². The van der Waals surface area contributed by atoms with E-state index >= 15 is 0 Å². The molecular formula is C11H12ClN3O3. The number of carbonyl (C=O) groups excluding carboxylic acids is 1. The van der Waals surface area contributed by atoms with Gasteiger partial charge in [0.05, 0.1) is 0 Å². The van der Waals surface area contributed by atoms with Crippen LogP contribution >= 0.6 is 11.6 Å². The predicted octanol–water partition coefficient (Wildman–Crippen LogP) is 0.887. The molecule has 2 heterocycles. The molecule has 0 aromatic carbocycles. The Hall–Kier alpha value is -1.82. The van der Waals surface area contributed by atoms with E-state index in [2.05, 4.69) is 4.98 Å². The van der Waals surface area contributed by atoms with Crippen LogP contribution in [0.3, 0.4) is 0 Å². The maximum atomic E-state index is 11.3. The third-order valence-corrected chi connectivity index (χ3v) is 3.14. The number of aromatic nitrogens is 1. The molecule has 1 aromatic heterocycles. The number of aromatic carboxylic acids is 1. The first-order chi connectivity index (χ1) is 8.50. The van der Waals surface area contributed by atoms with Crippen LogP contribution in [0.1, 0.15) is 23.2 Å². The number of pyridine rings is 1. The van der Waals surface area contributed by atoms with Gasteiger partial charge in [-0.3, -0.25) is 4.79 Å². The Bertz CT molecular complexity index is 506. The summed E-state index contributed by atoms with van der Waals surface area (Å²) in [6.07, 6.45) is 1.36. The molecule has 3 N–H and O–H groups in total. The van der Waals surface area contributed by atoms with Crippen molar-refractivity contribution in [1.82, 2.24) is 4.98 Å². The third-order valence-electron chi connectivity index (χ3n) is 2.92. The first-order valence-electron chi connectivity index (χ1n) is 5.46. The van der Waals surface area contributed by atoms with Crippen LogP contribution in [-0.4, -0.2) is 34.6 Å². The summed E-state index contributed by atoms with van der Waals surface area (Å²) in [6.45, 7) is 0.543. The molecule has 0 bridgehead atoms. The first kappa shape index (κ1) is 12.6. The second-order valence-electron chi connectivity index (χ2n) is 4.06. The maximum Gasteiger partial charge on any atom is 0.339 e. The SMILES string of the molecule is NC(=O)C1CCCN1c1nc(Cl)ccc1C(=O)O. The van der Waals surface area contributed by atoms with Gasteiger partial charge in [-0.1, -0.05) is 11.6 Å². The van der Waals surface area contributed by atoms with Gasteiger partial charge in [0.15, 0.2) is 0 Å². The zero-order chi connectivity index (χ0) is 13.3. The highest BCUT2D eigenvalue weighted by molar-refractivity contribution is 6.29. The average Bonchev–Trinajstić information content (AvgIpc) is 2.77. The monoisotopic (exact) mass is 269 g/mol. The van der Waals surface area contributed by atoms with E-state index in [1.165, 1.54) is 12.1 Å². The summed E-state index contributed by atoms with van der Waals surface area (Å²) in [5.74, 6) is -1.38. The van der Waals surface area contributed by atoms with E-state index in [-0.39, 0.29) is 16.5 Å². The molecule has 1 amide bonds. The third kappa shape index (κ3) is 2.24. The standard InChI is InChI=1S/C11H12ClN3O3/c12-8-4-3-6(11(17)18)10(14-8)15-5-1-2-7(15)9(13)16/h3-4,7H,1-2,5H2,(H2,13,16)(H,17,18). The number of carbonyl (C=O) groups is 2. The summed E-state index contributed by atoms with van der Waals surface area (Å²) < 4.78 is 0. The van der Waals surface area contributed by atoms with Crippen molar-refractivity contribution in [3.63, 3.8) is 0 Å².